The van der Waals surface area contributed by atoms with Crippen molar-refractivity contribution < 1.29 is 9.90 Å². The van der Waals surface area contributed by atoms with E-state index in [9.17, 15) is 4.79 Å². The number of aliphatic hydroxyl groups is 1. The van der Waals surface area contributed by atoms with E-state index in [0.717, 1.165) is 10.8 Å². The number of aromatic nitrogens is 2. The second-order valence-corrected chi connectivity index (χ2v) is 6.08. The summed E-state index contributed by atoms with van der Waals surface area (Å²) in [5.41, 5.74) is 3.45. The van der Waals surface area contributed by atoms with Gasteiger partial charge in [-0.3, -0.25) is 9.36 Å². The Kier molecular flexibility index (Phi) is 6.03. The van der Waals surface area contributed by atoms with E-state index in [0.29, 0.717) is 18.7 Å². The fraction of sp³-hybridized carbons (Fsp3) is 0.375. The molecule has 2 aromatic rings. The molecule has 0 aliphatic rings. The van der Waals surface area contributed by atoms with Crippen LogP contribution in [0.1, 0.15) is 17.5 Å². The van der Waals surface area contributed by atoms with Crippen LogP contribution in [0.15, 0.2) is 35.7 Å². The monoisotopic (exact) mass is 319 g/mol. The molecule has 0 atom stereocenters. The molecule has 0 bridgehead atoms. The summed E-state index contributed by atoms with van der Waals surface area (Å²) < 4.78 is 1.99. The van der Waals surface area contributed by atoms with E-state index in [-0.39, 0.29) is 12.5 Å². The number of amides is 1. The van der Waals surface area contributed by atoms with Crippen molar-refractivity contribution in [3.8, 4) is 5.69 Å². The molecule has 6 heteroatoms. The zero-order chi connectivity index (χ0) is 15.9. The van der Waals surface area contributed by atoms with Crippen molar-refractivity contribution in [1.29, 1.82) is 0 Å². The molecular weight excluding hydrogens is 298 g/mol. The Morgan fingerprint density at radius 2 is 2.05 bits per heavy atom. The maximum absolute atomic E-state index is 11.7. The Labute approximate surface area is 134 Å². The number of nitrogens with one attached hydrogen (secondary N) is 1. The van der Waals surface area contributed by atoms with Gasteiger partial charge in [0.15, 0.2) is 5.16 Å². The summed E-state index contributed by atoms with van der Waals surface area (Å²) in [4.78, 5) is 16.0. The van der Waals surface area contributed by atoms with Gasteiger partial charge in [-0.2, -0.15) is 0 Å². The van der Waals surface area contributed by atoms with Gasteiger partial charge in [0.2, 0.25) is 5.91 Å². The lowest BCUT2D eigenvalue weighted by Gasteiger charge is -2.10. The lowest BCUT2D eigenvalue weighted by molar-refractivity contribution is -0.118. The SMILES string of the molecule is Cc1cc(C)cc(-n2ccnc2SCC(=O)NCCCO)c1. The van der Waals surface area contributed by atoms with E-state index in [1.54, 1.807) is 6.20 Å². The van der Waals surface area contributed by atoms with E-state index in [1.165, 1.54) is 22.9 Å². The minimum Gasteiger partial charge on any atom is -0.396 e. The molecule has 1 amide bonds. The number of carbonyl (C=O) groups is 1. The van der Waals surface area contributed by atoms with Crippen molar-refractivity contribution in [3.63, 3.8) is 0 Å². The molecule has 22 heavy (non-hydrogen) atoms. The summed E-state index contributed by atoms with van der Waals surface area (Å²) in [6, 6.07) is 6.32. The van der Waals surface area contributed by atoms with E-state index in [2.05, 4.69) is 42.3 Å². The zero-order valence-electron chi connectivity index (χ0n) is 12.9. The lowest BCUT2D eigenvalue weighted by atomic mass is 10.1. The van der Waals surface area contributed by atoms with Gasteiger partial charge < -0.3 is 10.4 Å². The summed E-state index contributed by atoms with van der Waals surface area (Å²) in [6.07, 6.45) is 4.22. The van der Waals surface area contributed by atoms with E-state index in [1.807, 2.05) is 10.8 Å². The van der Waals surface area contributed by atoms with Crippen LogP contribution in [0.3, 0.4) is 0 Å². The predicted octanol–water partition coefficient (Wildman–Crippen LogP) is 2.08. The Hall–Kier alpha value is -1.79. The van der Waals surface area contributed by atoms with Crippen molar-refractivity contribution in [2.75, 3.05) is 18.9 Å². The van der Waals surface area contributed by atoms with Gasteiger partial charge in [-0.1, -0.05) is 17.8 Å². The van der Waals surface area contributed by atoms with E-state index in [4.69, 9.17) is 5.11 Å². The number of benzene rings is 1. The van der Waals surface area contributed by atoms with Crippen LogP contribution < -0.4 is 5.32 Å². The van der Waals surface area contributed by atoms with Crippen molar-refractivity contribution in [2.45, 2.75) is 25.4 Å². The molecule has 1 aromatic carbocycles. The highest BCUT2D eigenvalue weighted by Gasteiger charge is 2.09. The van der Waals surface area contributed by atoms with E-state index < -0.39 is 0 Å². The normalized spacial score (nSPS) is 10.7. The van der Waals surface area contributed by atoms with Crippen LogP contribution >= 0.6 is 11.8 Å². The van der Waals surface area contributed by atoms with Gasteiger partial charge in [0.1, 0.15) is 0 Å². The summed E-state index contributed by atoms with van der Waals surface area (Å²) in [5.74, 6) is 0.265. The van der Waals surface area contributed by atoms with Crippen LogP contribution in [0.5, 0.6) is 0 Å². The second kappa shape index (κ2) is 8.00. The average molecular weight is 319 g/mol. The first-order valence-electron chi connectivity index (χ1n) is 7.22. The molecule has 1 aromatic heterocycles. The molecule has 5 nitrogen and oxygen atoms in total. The highest BCUT2D eigenvalue weighted by atomic mass is 32.2. The number of rotatable bonds is 7. The average Bonchev–Trinajstić information content (AvgIpc) is 2.93. The highest BCUT2D eigenvalue weighted by molar-refractivity contribution is 7.99. The summed E-state index contributed by atoms with van der Waals surface area (Å²) >= 11 is 1.40. The number of aliphatic hydroxyl groups excluding tert-OH is 1. The van der Waals surface area contributed by atoms with Crippen molar-refractivity contribution in [3.05, 3.63) is 41.7 Å². The van der Waals surface area contributed by atoms with Crippen LogP contribution in [0, 0.1) is 13.8 Å². The topological polar surface area (TPSA) is 67.2 Å². The Balaban J connectivity index is 2.02. The largest absolute Gasteiger partial charge is 0.396 e. The number of aryl methyl sites for hydroxylation is 2. The molecule has 0 aliphatic carbocycles. The van der Waals surface area contributed by atoms with Crippen LogP contribution in [0.2, 0.25) is 0 Å². The maximum atomic E-state index is 11.7. The van der Waals surface area contributed by atoms with Gasteiger partial charge in [-0.05, 0) is 43.5 Å². The molecule has 0 unspecified atom stereocenters. The third-order valence-corrected chi connectivity index (χ3v) is 4.05. The van der Waals surface area contributed by atoms with Crippen molar-refractivity contribution in [2.24, 2.45) is 0 Å². The molecule has 0 aliphatic heterocycles. The fourth-order valence-corrected chi connectivity index (χ4v) is 2.97. The molecule has 0 fully saturated rings. The molecule has 0 saturated carbocycles. The molecule has 0 spiro atoms. The van der Waals surface area contributed by atoms with Crippen LogP contribution in [-0.2, 0) is 4.79 Å². The minimum atomic E-state index is -0.0478. The Morgan fingerprint density at radius 3 is 2.73 bits per heavy atom. The number of imidazole rings is 1. The van der Waals surface area contributed by atoms with Gasteiger partial charge in [-0.25, -0.2) is 4.98 Å². The fourth-order valence-electron chi connectivity index (χ4n) is 2.17. The molecule has 1 heterocycles. The molecule has 2 N–H and O–H groups in total. The summed E-state index contributed by atoms with van der Waals surface area (Å²) in [7, 11) is 0. The van der Waals surface area contributed by atoms with Crippen LogP contribution in [0.4, 0.5) is 0 Å². The predicted molar refractivity (Wildman–Crippen MR) is 88.5 cm³/mol. The van der Waals surface area contributed by atoms with Crippen LogP contribution in [-0.4, -0.2) is 39.5 Å². The van der Waals surface area contributed by atoms with Crippen LogP contribution in [0.25, 0.3) is 5.69 Å². The number of thioether (sulfide) groups is 1. The number of carbonyl (C=O) groups excluding carboxylic acids is 1. The molecule has 118 valence electrons. The van der Waals surface area contributed by atoms with E-state index >= 15 is 0 Å². The zero-order valence-corrected chi connectivity index (χ0v) is 13.7. The number of nitrogens with zero attached hydrogens (tertiary/aromatic N) is 2. The molecule has 0 radical (unpaired) electrons. The van der Waals surface area contributed by atoms with Gasteiger partial charge >= 0.3 is 0 Å². The first-order valence-corrected chi connectivity index (χ1v) is 8.21. The molecule has 2 rings (SSSR count). The third-order valence-electron chi connectivity index (χ3n) is 3.08. The second-order valence-electron chi connectivity index (χ2n) is 5.14. The molecular formula is C16H21N3O2S. The summed E-state index contributed by atoms with van der Waals surface area (Å²) in [6.45, 7) is 4.72. The first-order chi connectivity index (χ1) is 10.6. The first kappa shape index (κ1) is 16.6. The quantitative estimate of drug-likeness (QED) is 0.606. The standard InChI is InChI=1S/C16H21N3O2S/c1-12-8-13(2)10-14(9-12)19-6-5-18-16(19)22-11-15(21)17-4-3-7-20/h5-6,8-10,20H,3-4,7,11H2,1-2H3,(H,17,21). The van der Waals surface area contributed by atoms with Gasteiger partial charge in [0, 0.05) is 31.2 Å². The minimum absolute atomic E-state index is 0.0478. The Morgan fingerprint density at radius 1 is 1.32 bits per heavy atom. The van der Waals surface area contributed by atoms with Crippen molar-refractivity contribution in [1.82, 2.24) is 14.9 Å². The maximum Gasteiger partial charge on any atom is 0.230 e. The smallest absolute Gasteiger partial charge is 0.230 e. The third kappa shape index (κ3) is 4.61. The van der Waals surface area contributed by atoms with Crippen molar-refractivity contribution >= 4 is 17.7 Å². The Bertz CT molecular complexity index is 620. The van der Waals surface area contributed by atoms with Gasteiger partial charge in [0.05, 0.1) is 5.75 Å². The summed E-state index contributed by atoms with van der Waals surface area (Å²) in [5, 5.41) is 12.3. The van der Waals surface area contributed by atoms with Gasteiger partial charge in [-0.15, -0.1) is 0 Å². The lowest BCUT2D eigenvalue weighted by Crippen LogP contribution is -2.26. The highest BCUT2D eigenvalue weighted by Crippen LogP contribution is 2.21. The number of hydrogen-bond acceptors (Lipinski definition) is 4. The van der Waals surface area contributed by atoms with Gasteiger partial charge in [0.25, 0.3) is 0 Å². The molecule has 0 saturated heterocycles. The number of hydrogen-bond donors (Lipinski definition) is 2.